The maximum absolute atomic E-state index is 12.4. The van der Waals surface area contributed by atoms with Gasteiger partial charge in [0.05, 0.1) is 30.3 Å². The van der Waals surface area contributed by atoms with Gasteiger partial charge in [0.25, 0.3) is 0 Å². The highest BCUT2D eigenvalue weighted by Crippen LogP contribution is 2.24. The van der Waals surface area contributed by atoms with Crippen molar-refractivity contribution in [3.63, 3.8) is 0 Å². The number of thiazole rings is 1. The lowest BCUT2D eigenvalue weighted by molar-refractivity contribution is -0.138. The summed E-state index contributed by atoms with van der Waals surface area (Å²) in [6.07, 6.45) is 3.10. The van der Waals surface area contributed by atoms with E-state index in [1.54, 1.807) is 22.4 Å². The van der Waals surface area contributed by atoms with Crippen molar-refractivity contribution in [2.24, 2.45) is 0 Å². The van der Waals surface area contributed by atoms with Gasteiger partial charge in [-0.05, 0) is 6.92 Å². The molecule has 0 aliphatic carbocycles. The van der Waals surface area contributed by atoms with Crippen molar-refractivity contribution in [1.82, 2.24) is 19.9 Å². The minimum atomic E-state index is -0.330. The zero-order valence-electron chi connectivity index (χ0n) is 12.2. The van der Waals surface area contributed by atoms with Gasteiger partial charge in [-0.3, -0.25) is 9.78 Å². The average Bonchev–Trinajstić information content (AvgIpc) is 2.93. The third kappa shape index (κ3) is 3.23. The fraction of sp³-hybridized carbons (Fsp3) is 0.429. The molecular formula is C14H17N5O2S. The normalized spacial score (nSPS) is 18.4. The summed E-state index contributed by atoms with van der Waals surface area (Å²) in [6.45, 7) is 3.40. The van der Waals surface area contributed by atoms with Crippen LogP contribution in [0, 0.1) is 6.92 Å². The van der Waals surface area contributed by atoms with Crippen LogP contribution in [-0.4, -0.2) is 45.5 Å². The molecule has 0 aromatic carbocycles. The number of anilines is 1. The van der Waals surface area contributed by atoms with Gasteiger partial charge in [0.2, 0.25) is 5.91 Å². The van der Waals surface area contributed by atoms with Gasteiger partial charge in [-0.25, -0.2) is 9.97 Å². The Morgan fingerprint density at radius 2 is 2.32 bits per heavy atom. The third-order valence-corrected chi connectivity index (χ3v) is 4.30. The standard InChI is InChI=1S/C14H17N5O2S/c1-9-18-10(8-22-9)6-12(20)19-4-5-21-11(7-19)13-14(15)17-3-2-16-13/h2-3,8,11H,4-7H2,1H3,(H2,15,17)/t11-/m0/s1. The van der Waals surface area contributed by atoms with Gasteiger partial charge >= 0.3 is 0 Å². The summed E-state index contributed by atoms with van der Waals surface area (Å²) in [7, 11) is 0. The largest absolute Gasteiger partial charge is 0.382 e. The molecule has 116 valence electrons. The number of amides is 1. The molecule has 1 saturated heterocycles. The van der Waals surface area contributed by atoms with Gasteiger partial charge in [0.15, 0.2) is 0 Å². The Labute approximate surface area is 132 Å². The Balaban J connectivity index is 1.67. The van der Waals surface area contributed by atoms with E-state index in [-0.39, 0.29) is 12.0 Å². The molecule has 2 aromatic heterocycles. The fourth-order valence-corrected chi connectivity index (χ4v) is 3.02. The van der Waals surface area contributed by atoms with Gasteiger partial charge in [0, 0.05) is 24.3 Å². The van der Waals surface area contributed by atoms with E-state index in [0.29, 0.717) is 37.6 Å². The van der Waals surface area contributed by atoms with E-state index in [0.717, 1.165) is 10.7 Å². The highest BCUT2D eigenvalue weighted by molar-refractivity contribution is 7.09. The molecule has 2 aromatic rings. The first-order valence-corrected chi connectivity index (χ1v) is 7.88. The van der Waals surface area contributed by atoms with Crippen molar-refractivity contribution in [2.45, 2.75) is 19.4 Å². The number of morpholine rings is 1. The summed E-state index contributed by atoms with van der Waals surface area (Å²) in [5, 5.41) is 2.89. The number of rotatable bonds is 3. The van der Waals surface area contributed by atoms with Crippen LogP contribution in [-0.2, 0) is 16.0 Å². The van der Waals surface area contributed by atoms with Crippen LogP contribution in [0.5, 0.6) is 0 Å². The van der Waals surface area contributed by atoms with Crippen LogP contribution in [0.4, 0.5) is 5.82 Å². The molecule has 1 atom stereocenters. The topological polar surface area (TPSA) is 94.2 Å². The van der Waals surface area contributed by atoms with E-state index in [1.807, 2.05) is 12.3 Å². The number of carbonyl (C=O) groups is 1. The Kier molecular flexibility index (Phi) is 4.30. The number of hydrogen-bond acceptors (Lipinski definition) is 7. The molecule has 1 aliphatic rings. The second kappa shape index (κ2) is 6.37. The fourth-order valence-electron chi connectivity index (χ4n) is 2.41. The number of nitrogens with zero attached hydrogens (tertiary/aromatic N) is 4. The smallest absolute Gasteiger partial charge is 0.228 e. The lowest BCUT2D eigenvalue weighted by Crippen LogP contribution is -2.43. The highest BCUT2D eigenvalue weighted by Gasteiger charge is 2.28. The molecule has 0 bridgehead atoms. The van der Waals surface area contributed by atoms with Gasteiger partial charge < -0.3 is 15.4 Å². The van der Waals surface area contributed by atoms with Crippen LogP contribution in [0.15, 0.2) is 17.8 Å². The summed E-state index contributed by atoms with van der Waals surface area (Å²) >= 11 is 1.55. The quantitative estimate of drug-likeness (QED) is 0.906. The summed E-state index contributed by atoms with van der Waals surface area (Å²) in [6, 6.07) is 0. The van der Waals surface area contributed by atoms with Crippen LogP contribution >= 0.6 is 11.3 Å². The molecule has 2 N–H and O–H groups in total. The number of aryl methyl sites for hydroxylation is 1. The Morgan fingerprint density at radius 3 is 3.05 bits per heavy atom. The van der Waals surface area contributed by atoms with Crippen LogP contribution in [0.3, 0.4) is 0 Å². The van der Waals surface area contributed by atoms with Crippen LogP contribution in [0.1, 0.15) is 22.5 Å². The van der Waals surface area contributed by atoms with Crippen molar-refractivity contribution in [2.75, 3.05) is 25.4 Å². The first kappa shape index (κ1) is 14.9. The third-order valence-electron chi connectivity index (χ3n) is 3.48. The monoisotopic (exact) mass is 319 g/mol. The number of hydrogen-bond donors (Lipinski definition) is 1. The molecule has 0 spiro atoms. The minimum absolute atomic E-state index is 0.0426. The number of nitrogens with two attached hydrogens (primary N) is 1. The summed E-state index contributed by atoms with van der Waals surface area (Å²) in [5.41, 5.74) is 7.24. The second-order valence-corrected chi connectivity index (χ2v) is 6.12. The van der Waals surface area contributed by atoms with E-state index in [4.69, 9.17) is 10.5 Å². The first-order valence-electron chi connectivity index (χ1n) is 7.00. The minimum Gasteiger partial charge on any atom is -0.382 e. The van der Waals surface area contributed by atoms with E-state index >= 15 is 0 Å². The maximum Gasteiger partial charge on any atom is 0.228 e. The van der Waals surface area contributed by atoms with Gasteiger partial charge in [-0.1, -0.05) is 0 Å². The van der Waals surface area contributed by atoms with E-state index < -0.39 is 0 Å². The average molecular weight is 319 g/mol. The van der Waals surface area contributed by atoms with Gasteiger partial charge in [0.1, 0.15) is 17.6 Å². The molecular weight excluding hydrogens is 302 g/mol. The Morgan fingerprint density at radius 1 is 1.50 bits per heavy atom. The zero-order valence-corrected chi connectivity index (χ0v) is 13.0. The molecule has 7 nitrogen and oxygen atoms in total. The Hall–Kier alpha value is -2.06. The van der Waals surface area contributed by atoms with E-state index in [9.17, 15) is 4.79 Å². The number of nitrogen functional groups attached to an aromatic ring is 1. The van der Waals surface area contributed by atoms with Crippen LogP contribution < -0.4 is 5.73 Å². The molecule has 1 aliphatic heterocycles. The summed E-state index contributed by atoms with van der Waals surface area (Å²) in [4.78, 5) is 26.8. The Bertz CT molecular complexity index is 675. The molecule has 0 unspecified atom stereocenters. The van der Waals surface area contributed by atoms with Crippen molar-refractivity contribution in [1.29, 1.82) is 0 Å². The summed E-state index contributed by atoms with van der Waals surface area (Å²) < 4.78 is 5.69. The zero-order chi connectivity index (χ0) is 15.5. The van der Waals surface area contributed by atoms with Crippen molar-refractivity contribution < 1.29 is 9.53 Å². The highest BCUT2D eigenvalue weighted by atomic mass is 32.1. The number of carbonyl (C=O) groups excluding carboxylic acids is 1. The van der Waals surface area contributed by atoms with Gasteiger partial charge in [-0.2, -0.15) is 0 Å². The predicted molar refractivity (Wildman–Crippen MR) is 82.3 cm³/mol. The van der Waals surface area contributed by atoms with Gasteiger partial charge in [-0.15, -0.1) is 11.3 Å². The lowest BCUT2D eigenvalue weighted by atomic mass is 10.2. The van der Waals surface area contributed by atoms with Crippen LogP contribution in [0.25, 0.3) is 0 Å². The SMILES string of the molecule is Cc1nc(CC(=O)N2CCO[C@H](c3nccnc3N)C2)cs1. The molecule has 3 heterocycles. The van der Waals surface area contributed by atoms with E-state index in [1.165, 1.54) is 6.20 Å². The number of ether oxygens (including phenoxy) is 1. The van der Waals surface area contributed by atoms with Crippen LogP contribution in [0.2, 0.25) is 0 Å². The van der Waals surface area contributed by atoms with Crippen molar-refractivity contribution in [3.8, 4) is 0 Å². The second-order valence-electron chi connectivity index (χ2n) is 5.06. The molecule has 22 heavy (non-hydrogen) atoms. The molecule has 3 rings (SSSR count). The molecule has 1 amide bonds. The summed E-state index contributed by atoms with van der Waals surface area (Å²) in [5.74, 6) is 0.387. The lowest BCUT2D eigenvalue weighted by Gasteiger charge is -2.32. The van der Waals surface area contributed by atoms with Crippen molar-refractivity contribution in [3.05, 3.63) is 34.2 Å². The maximum atomic E-state index is 12.4. The molecule has 1 fully saturated rings. The molecule has 0 radical (unpaired) electrons. The molecule has 0 saturated carbocycles. The number of aromatic nitrogens is 3. The first-order chi connectivity index (χ1) is 10.6. The van der Waals surface area contributed by atoms with E-state index in [2.05, 4.69) is 15.0 Å². The molecule has 8 heteroatoms. The predicted octanol–water partition coefficient (Wildman–Crippen LogP) is 0.966. The van der Waals surface area contributed by atoms with Crippen molar-refractivity contribution >= 4 is 23.1 Å².